The monoisotopic (exact) mass is 287 g/mol. The molecule has 1 N–H and O–H groups in total. The molecule has 0 fully saturated rings. The Kier molecular flexibility index (Phi) is 2.90. The molecule has 2 aromatic heterocycles. The van der Waals surface area contributed by atoms with Gasteiger partial charge in [0.25, 0.3) is 5.69 Å². The van der Waals surface area contributed by atoms with Crippen LogP contribution in [0.3, 0.4) is 0 Å². The predicted octanol–water partition coefficient (Wildman–Crippen LogP) is 2.28. The Morgan fingerprint density at radius 3 is 2.90 bits per heavy atom. The Bertz CT molecular complexity index is 848. The number of hydrogen-bond donors (Lipinski definition) is 1. The fourth-order valence-electron chi connectivity index (χ4n) is 2.02. The number of benzene rings is 1. The van der Waals surface area contributed by atoms with Crippen molar-refractivity contribution < 1.29 is 19.2 Å². The number of furan rings is 1. The summed E-state index contributed by atoms with van der Waals surface area (Å²) in [6.45, 7) is 0.192. The molecule has 0 spiro atoms. The van der Waals surface area contributed by atoms with E-state index in [4.69, 9.17) is 9.52 Å². The molecule has 0 aliphatic heterocycles. The van der Waals surface area contributed by atoms with E-state index in [1.165, 1.54) is 22.9 Å². The minimum Gasteiger partial charge on any atom is -0.478 e. The van der Waals surface area contributed by atoms with Crippen molar-refractivity contribution in [1.82, 2.24) is 9.78 Å². The van der Waals surface area contributed by atoms with E-state index in [1.54, 1.807) is 12.3 Å². The van der Waals surface area contributed by atoms with Crippen molar-refractivity contribution in [2.24, 2.45) is 0 Å². The molecule has 3 aromatic rings. The maximum atomic E-state index is 10.8. The summed E-state index contributed by atoms with van der Waals surface area (Å²) >= 11 is 0. The van der Waals surface area contributed by atoms with Crippen molar-refractivity contribution in [3.63, 3.8) is 0 Å². The number of aromatic nitrogens is 2. The van der Waals surface area contributed by atoms with Crippen LogP contribution in [0.25, 0.3) is 10.9 Å². The summed E-state index contributed by atoms with van der Waals surface area (Å²) in [5.74, 6) is -0.671. The zero-order chi connectivity index (χ0) is 15.0. The quantitative estimate of drug-likeness (QED) is 0.582. The number of non-ortho nitro benzene ring substituents is 1. The highest BCUT2D eigenvalue weighted by Crippen LogP contribution is 2.21. The Morgan fingerprint density at radius 2 is 2.24 bits per heavy atom. The fourth-order valence-corrected chi connectivity index (χ4v) is 2.02. The maximum absolute atomic E-state index is 10.8. The molecule has 0 saturated carbocycles. The van der Waals surface area contributed by atoms with Crippen LogP contribution in [-0.2, 0) is 6.54 Å². The number of rotatable bonds is 4. The second-order valence-corrected chi connectivity index (χ2v) is 4.41. The van der Waals surface area contributed by atoms with Gasteiger partial charge >= 0.3 is 5.97 Å². The molecule has 3 rings (SSSR count). The number of carboxylic acid groups (broad SMARTS) is 1. The highest BCUT2D eigenvalue weighted by Gasteiger charge is 2.13. The van der Waals surface area contributed by atoms with Crippen LogP contribution < -0.4 is 0 Å². The third kappa shape index (κ3) is 2.34. The molecule has 8 nitrogen and oxygen atoms in total. The molecular formula is C13H9N3O5. The summed E-state index contributed by atoms with van der Waals surface area (Å²) in [6, 6.07) is 5.84. The molecule has 2 heterocycles. The van der Waals surface area contributed by atoms with E-state index in [0.29, 0.717) is 11.3 Å². The predicted molar refractivity (Wildman–Crippen MR) is 71.2 cm³/mol. The van der Waals surface area contributed by atoms with E-state index < -0.39 is 10.9 Å². The summed E-state index contributed by atoms with van der Waals surface area (Å²) in [5.41, 5.74) is 0.597. The normalized spacial score (nSPS) is 10.9. The number of carbonyl (C=O) groups is 1. The summed E-state index contributed by atoms with van der Waals surface area (Å²) in [4.78, 5) is 21.1. The molecule has 0 amide bonds. The van der Waals surface area contributed by atoms with Gasteiger partial charge in [-0.1, -0.05) is 0 Å². The van der Waals surface area contributed by atoms with Crippen molar-refractivity contribution >= 4 is 22.6 Å². The molecule has 8 heteroatoms. The Morgan fingerprint density at radius 1 is 1.43 bits per heavy atom. The molecule has 0 saturated heterocycles. The van der Waals surface area contributed by atoms with E-state index >= 15 is 0 Å². The lowest BCUT2D eigenvalue weighted by Crippen LogP contribution is -2.01. The van der Waals surface area contributed by atoms with Crippen LogP contribution >= 0.6 is 0 Å². The standard InChI is InChI=1S/C13H9N3O5/c17-13(18)9-3-11(21-7-9)6-15-12-4-10(16(19)20)2-1-8(12)5-14-15/h1-5,7H,6H2,(H,17,18). The number of aromatic carboxylic acids is 1. The van der Waals surface area contributed by atoms with E-state index in [0.717, 1.165) is 11.6 Å². The number of fused-ring (bicyclic) bond motifs is 1. The third-order valence-electron chi connectivity index (χ3n) is 3.05. The van der Waals surface area contributed by atoms with Crippen LogP contribution in [0, 0.1) is 10.1 Å². The lowest BCUT2D eigenvalue weighted by molar-refractivity contribution is -0.384. The molecule has 0 unspecified atom stereocenters. The summed E-state index contributed by atoms with van der Waals surface area (Å²) in [6.07, 6.45) is 2.73. The second kappa shape index (κ2) is 4.75. The smallest absolute Gasteiger partial charge is 0.338 e. The highest BCUT2D eigenvalue weighted by molar-refractivity contribution is 5.87. The zero-order valence-corrected chi connectivity index (χ0v) is 10.6. The maximum Gasteiger partial charge on any atom is 0.338 e. The number of hydrogen-bond acceptors (Lipinski definition) is 5. The van der Waals surface area contributed by atoms with Crippen LogP contribution in [0.5, 0.6) is 0 Å². The molecule has 0 aliphatic carbocycles. The Balaban J connectivity index is 1.97. The fraction of sp³-hybridized carbons (Fsp3) is 0.0769. The van der Waals surface area contributed by atoms with Gasteiger partial charge in [-0.3, -0.25) is 14.8 Å². The topological polar surface area (TPSA) is 111 Å². The Hall–Kier alpha value is -3.16. The van der Waals surface area contributed by atoms with Crippen LogP contribution in [0.2, 0.25) is 0 Å². The van der Waals surface area contributed by atoms with Crippen LogP contribution in [0.1, 0.15) is 16.1 Å². The van der Waals surface area contributed by atoms with Gasteiger partial charge in [0.15, 0.2) is 0 Å². The van der Waals surface area contributed by atoms with Gasteiger partial charge in [-0.2, -0.15) is 5.10 Å². The molecule has 0 radical (unpaired) electrons. The first-order valence-electron chi connectivity index (χ1n) is 5.95. The first-order valence-corrected chi connectivity index (χ1v) is 5.95. The third-order valence-corrected chi connectivity index (χ3v) is 3.05. The van der Waals surface area contributed by atoms with Crippen LogP contribution in [-0.4, -0.2) is 25.8 Å². The van der Waals surface area contributed by atoms with E-state index in [9.17, 15) is 14.9 Å². The van der Waals surface area contributed by atoms with E-state index in [-0.39, 0.29) is 17.8 Å². The largest absolute Gasteiger partial charge is 0.478 e. The molecule has 1 aromatic carbocycles. The van der Waals surface area contributed by atoms with Crippen molar-refractivity contribution in [1.29, 1.82) is 0 Å². The number of nitrogens with zero attached hydrogens (tertiary/aromatic N) is 3. The van der Waals surface area contributed by atoms with Gasteiger partial charge in [0.2, 0.25) is 0 Å². The average Bonchev–Trinajstić information content (AvgIpc) is 3.06. The summed E-state index contributed by atoms with van der Waals surface area (Å²) in [5, 5.41) is 24.5. The number of nitro groups is 1. The zero-order valence-electron chi connectivity index (χ0n) is 10.6. The first kappa shape index (κ1) is 12.9. The van der Waals surface area contributed by atoms with Crippen molar-refractivity contribution in [2.75, 3.05) is 0 Å². The molecule has 0 aliphatic rings. The van der Waals surface area contributed by atoms with Gasteiger partial charge in [-0.05, 0) is 12.1 Å². The Labute approximate surface area is 117 Å². The van der Waals surface area contributed by atoms with Gasteiger partial charge in [0.1, 0.15) is 12.0 Å². The van der Waals surface area contributed by atoms with Gasteiger partial charge in [-0.25, -0.2) is 4.79 Å². The van der Waals surface area contributed by atoms with Gasteiger partial charge < -0.3 is 9.52 Å². The molecular weight excluding hydrogens is 278 g/mol. The lowest BCUT2D eigenvalue weighted by atomic mass is 10.2. The number of nitro benzene ring substituents is 1. The lowest BCUT2D eigenvalue weighted by Gasteiger charge is -2.00. The van der Waals surface area contributed by atoms with Crippen LogP contribution in [0.4, 0.5) is 5.69 Å². The van der Waals surface area contributed by atoms with E-state index in [2.05, 4.69) is 5.10 Å². The van der Waals surface area contributed by atoms with Crippen molar-refractivity contribution in [3.05, 3.63) is 58.2 Å². The van der Waals surface area contributed by atoms with Crippen molar-refractivity contribution in [2.45, 2.75) is 6.54 Å². The van der Waals surface area contributed by atoms with Gasteiger partial charge in [0.05, 0.1) is 28.7 Å². The molecule has 106 valence electrons. The van der Waals surface area contributed by atoms with Crippen LogP contribution in [0.15, 0.2) is 41.1 Å². The van der Waals surface area contributed by atoms with Gasteiger partial charge in [-0.15, -0.1) is 0 Å². The molecule has 21 heavy (non-hydrogen) atoms. The highest BCUT2D eigenvalue weighted by atomic mass is 16.6. The minimum absolute atomic E-state index is 0.0325. The first-order chi connectivity index (χ1) is 10.0. The number of carboxylic acids is 1. The van der Waals surface area contributed by atoms with Crippen molar-refractivity contribution in [3.8, 4) is 0 Å². The minimum atomic E-state index is -1.08. The summed E-state index contributed by atoms with van der Waals surface area (Å²) in [7, 11) is 0. The second-order valence-electron chi connectivity index (χ2n) is 4.41. The SMILES string of the molecule is O=C(O)c1coc(Cn2ncc3ccc([N+](=O)[O-])cc32)c1. The summed E-state index contributed by atoms with van der Waals surface area (Å²) < 4.78 is 6.67. The molecule has 0 bridgehead atoms. The van der Waals surface area contributed by atoms with Gasteiger partial charge in [0, 0.05) is 17.5 Å². The average molecular weight is 287 g/mol. The molecule has 0 atom stereocenters. The van der Waals surface area contributed by atoms with E-state index in [1.807, 2.05) is 0 Å².